The Bertz CT molecular complexity index is 127. The van der Waals surface area contributed by atoms with Gasteiger partial charge in [-0.2, -0.15) is 0 Å². The van der Waals surface area contributed by atoms with E-state index in [1.165, 1.54) is 0 Å². The fraction of sp³-hybridized carbons (Fsp3) is 1.00. The maximum atomic E-state index is 9.06. The van der Waals surface area contributed by atoms with Crippen LogP contribution in [0.15, 0.2) is 0 Å². The molecule has 0 bridgehead atoms. The van der Waals surface area contributed by atoms with Gasteiger partial charge in [0.1, 0.15) is 12.2 Å². The normalized spacial score (nSPS) is 48.0. The molecule has 1 fully saturated rings. The van der Waals surface area contributed by atoms with Crippen molar-refractivity contribution in [1.29, 1.82) is 0 Å². The van der Waals surface area contributed by atoms with E-state index in [0.717, 1.165) is 0 Å². The Morgan fingerprint density at radius 1 is 1.50 bits per heavy atom. The van der Waals surface area contributed by atoms with Gasteiger partial charge in [-0.15, -0.1) is 0 Å². The fourth-order valence-electron chi connectivity index (χ4n) is 0.846. The summed E-state index contributed by atoms with van der Waals surface area (Å²) in [6.45, 7) is -0.872. The Labute approximate surface area is 57.5 Å². The SMILES string of the molecule is OCC1(O)OC[C@@H](O)[C@H]1O. The molecule has 1 aliphatic heterocycles. The molecule has 1 heterocycles. The van der Waals surface area contributed by atoms with E-state index in [2.05, 4.69) is 4.74 Å². The molecule has 1 unspecified atom stereocenters. The third-order valence-electron chi connectivity index (χ3n) is 1.56. The molecule has 10 heavy (non-hydrogen) atoms. The lowest BCUT2D eigenvalue weighted by Gasteiger charge is -2.22. The first kappa shape index (κ1) is 7.90. The van der Waals surface area contributed by atoms with E-state index in [0.29, 0.717) is 0 Å². The van der Waals surface area contributed by atoms with Crippen molar-refractivity contribution < 1.29 is 25.2 Å². The van der Waals surface area contributed by atoms with E-state index >= 15 is 0 Å². The molecule has 0 aliphatic carbocycles. The minimum Gasteiger partial charge on any atom is -0.391 e. The van der Waals surface area contributed by atoms with Gasteiger partial charge in [0.05, 0.1) is 13.2 Å². The van der Waals surface area contributed by atoms with Crippen molar-refractivity contribution in [3.8, 4) is 0 Å². The molecular formula is C5H10O5. The van der Waals surface area contributed by atoms with Crippen molar-refractivity contribution in [3.63, 3.8) is 0 Å². The molecule has 5 heteroatoms. The topological polar surface area (TPSA) is 90.2 Å². The van der Waals surface area contributed by atoms with Crippen LogP contribution < -0.4 is 0 Å². The standard InChI is InChI=1S/C5H10O5/c6-2-5(9)4(8)3(7)1-10-5/h3-4,6-9H,1-2H2/t3-,4-,5?/m1/s1. The van der Waals surface area contributed by atoms with E-state index < -0.39 is 24.6 Å². The van der Waals surface area contributed by atoms with Gasteiger partial charge in [0, 0.05) is 0 Å². The number of hydrogen-bond acceptors (Lipinski definition) is 5. The zero-order chi connectivity index (χ0) is 7.78. The Hall–Kier alpha value is -0.200. The van der Waals surface area contributed by atoms with Crippen LogP contribution in [0.2, 0.25) is 0 Å². The average molecular weight is 150 g/mol. The highest BCUT2D eigenvalue weighted by Crippen LogP contribution is 2.22. The van der Waals surface area contributed by atoms with Gasteiger partial charge in [0.2, 0.25) is 5.79 Å². The molecule has 4 N–H and O–H groups in total. The molecule has 0 spiro atoms. The van der Waals surface area contributed by atoms with Crippen molar-refractivity contribution in [2.45, 2.75) is 18.0 Å². The predicted octanol–water partition coefficient (Wildman–Crippen LogP) is -2.58. The second-order valence-corrected chi connectivity index (χ2v) is 2.33. The predicted molar refractivity (Wildman–Crippen MR) is 30.0 cm³/mol. The highest BCUT2D eigenvalue weighted by atomic mass is 16.7. The first-order chi connectivity index (χ1) is 4.60. The third-order valence-corrected chi connectivity index (χ3v) is 1.56. The third kappa shape index (κ3) is 1.02. The van der Waals surface area contributed by atoms with Crippen molar-refractivity contribution in [2.24, 2.45) is 0 Å². The Morgan fingerprint density at radius 3 is 2.30 bits per heavy atom. The molecular weight excluding hydrogens is 140 g/mol. The number of rotatable bonds is 1. The van der Waals surface area contributed by atoms with Crippen molar-refractivity contribution in [2.75, 3.05) is 13.2 Å². The van der Waals surface area contributed by atoms with Gasteiger partial charge < -0.3 is 25.2 Å². The van der Waals surface area contributed by atoms with Crippen LogP contribution in [0.3, 0.4) is 0 Å². The summed E-state index contributed by atoms with van der Waals surface area (Å²) in [5.74, 6) is -1.97. The van der Waals surface area contributed by atoms with Crippen LogP contribution in [-0.4, -0.2) is 51.6 Å². The van der Waals surface area contributed by atoms with Gasteiger partial charge in [-0.25, -0.2) is 0 Å². The van der Waals surface area contributed by atoms with Crippen LogP contribution in [0.5, 0.6) is 0 Å². The lowest BCUT2D eigenvalue weighted by atomic mass is 10.1. The van der Waals surface area contributed by atoms with Crippen molar-refractivity contribution in [1.82, 2.24) is 0 Å². The van der Waals surface area contributed by atoms with E-state index in [9.17, 15) is 0 Å². The Morgan fingerprint density at radius 2 is 2.10 bits per heavy atom. The van der Waals surface area contributed by atoms with E-state index in [1.807, 2.05) is 0 Å². The summed E-state index contributed by atoms with van der Waals surface area (Å²) in [6.07, 6.45) is -2.53. The molecule has 0 aromatic rings. The van der Waals surface area contributed by atoms with Crippen LogP contribution in [0, 0.1) is 0 Å². The summed E-state index contributed by atoms with van der Waals surface area (Å²) in [7, 11) is 0. The van der Waals surface area contributed by atoms with Crippen LogP contribution in [0.25, 0.3) is 0 Å². The van der Waals surface area contributed by atoms with Gasteiger partial charge >= 0.3 is 0 Å². The maximum absolute atomic E-state index is 9.06. The molecule has 0 aromatic heterocycles. The van der Waals surface area contributed by atoms with Gasteiger partial charge in [-0.05, 0) is 0 Å². The van der Waals surface area contributed by atoms with E-state index in [1.54, 1.807) is 0 Å². The summed E-state index contributed by atoms with van der Waals surface area (Å²) in [4.78, 5) is 0. The molecule has 1 aliphatic rings. The minimum absolute atomic E-state index is 0.155. The van der Waals surface area contributed by atoms with Crippen LogP contribution in [0.4, 0.5) is 0 Å². The zero-order valence-corrected chi connectivity index (χ0v) is 5.27. The molecule has 0 saturated carbocycles. The first-order valence-corrected chi connectivity index (χ1v) is 2.93. The molecule has 0 aromatic carbocycles. The van der Waals surface area contributed by atoms with Crippen molar-refractivity contribution in [3.05, 3.63) is 0 Å². The quantitative estimate of drug-likeness (QED) is 0.329. The number of ether oxygens (including phenoxy) is 1. The van der Waals surface area contributed by atoms with Gasteiger partial charge in [-0.3, -0.25) is 0 Å². The largest absolute Gasteiger partial charge is 0.391 e. The van der Waals surface area contributed by atoms with Gasteiger partial charge in [0.25, 0.3) is 0 Å². The molecule has 60 valence electrons. The summed E-state index contributed by atoms with van der Waals surface area (Å²) in [5, 5.41) is 35.3. The van der Waals surface area contributed by atoms with Gasteiger partial charge in [0.15, 0.2) is 0 Å². The number of hydrogen-bond donors (Lipinski definition) is 4. The zero-order valence-electron chi connectivity index (χ0n) is 5.27. The number of aliphatic hydroxyl groups is 4. The monoisotopic (exact) mass is 150 g/mol. The smallest absolute Gasteiger partial charge is 0.218 e. The highest BCUT2D eigenvalue weighted by Gasteiger charge is 2.47. The lowest BCUT2D eigenvalue weighted by molar-refractivity contribution is -0.234. The summed E-state index contributed by atoms with van der Waals surface area (Å²) in [6, 6.07) is 0. The summed E-state index contributed by atoms with van der Waals surface area (Å²) < 4.78 is 4.52. The molecule has 1 rings (SSSR count). The highest BCUT2D eigenvalue weighted by molar-refractivity contribution is 4.88. The molecule has 5 nitrogen and oxygen atoms in total. The first-order valence-electron chi connectivity index (χ1n) is 2.93. The second-order valence-electron chi connectivity index (χ2n) is 2.33. The second kappa shape index (κ2) is 2.44. The summed E-state index contributed by atoms with van der Waals surface area (Å²) >= 11 is 0. The molecule has 0 amide bonds. The fourth-order valence-corrected chi connectivity index (χ4v) is 0.846. The van der Waals surface area contributed by atoms with Crippen LogP contribution in [0.1, 0.15) is 0 Å². The molecule has 3 atom stereocenters. The lowest BCUT2D eigenvalue weighted by Crippen LogP contribution is -2.46. The minimum atomic E-state index is -1.97. The van der Waals surface area contributed by atoms with Crippen LogP contribution >= 0.6 is 0 Å². The molecule has 0 radical (unpaired) electrons. The maximum Gasteiger partial charge on any atom is 0.218 e. The Balaban J connectivity index is 2.64. The van der Waals surface area contributed by atoms with E-state index in [4.69, 9.17) is 20.4 Å². The Kier molecular flexibility index (Phi) is 1.93. The number of aliphatic hydroxyl groups excluding tert-OH is 3. The van der Waals surface area contributed by atoms with E-state index in [-0.39, 0.29) is 6.61 Å². The van der Waals surface area contributed by atoms with Crippen molar-refractivity contribution >= 4 is 0 Å². The average Bonchev–Trinajstić information content (AvgIpc) is 2.19. The van der Waals surface area contributed by atoms with Gasteiger partial charge in [-0.1, -0.05) is 0 Å². The summed E-state index contributed by atoms with van der Waals surface area (Å²) in [5.41, 5.74) is 0. The van der Waals surface area contributed by atoms with Crippen LogP contribution in [-0.2, 0) is 4.74 Å². The molecule has 1 saturated heterocycles.